The summed E-state index contributed by atoms with van der Waals surface area (Å²) >= 11 is 1.97. The third-order valence-corrected chi connectivity index (χ3v) is 6.01. The van der Waals surface area contributed by atoms with Crippen molar-refractivity contribution >= 4 is 17.7 Å². The number of ether oxygens (including phenoxy) is 1. The number of nitrogens with one attached hydrogen (secondary N) is 1. The van der Waals surface area contributed by atoms with E-state index in [1.165, 1.54) is 6.42 Å². The fourth-order valence-corrected chi connectivity index (χ4v) is 3.85. The number of likely N-dealkylation sites (tertiary alicyclic amines) is 1. The van der Waals surface area contributed by atoms with Gasteiger partial charge in [-0.15, -0.1) is 0 Å². The highest BCUT2D eigenvalue weighted by Gasteiger charge is 2.34. The van der Waals surface area contributed by atoms with Crippen LogP contribution in [0.1, 0.15) is 33.1 Å². The molecule has 2 aliphatic heterocycles. The molecule has 0 unspecified atom stereocenters. The average molecular weight is 299 g/mol. The van der Waals surface area contributed by atoms with Crippen LogP contribution in [0.4, 0.5) is 0 Å². The van der Waals surface area contributed by atoms with Gasteiger partial charge in [0.2, 0.25) is 0 Å². The number of thioether (sulfide) groups is 1. The van der Waals surface area contributed by atoms with Gasteiger partial charge in [0.1, 0.15) is 0 Å². The van der Waals surface area contributed by atoms with Crippen LogP contribution in [0, 0.1) is 5.41 Å². The highest BCUT2D eigenvalue weighted by molar-refractivity contribution is 8.00. The van der Waals surface area contributed by atoms with Gasteiger partial charge in [-0.25, -0.2) is 0 Å². The SMILES string of the molecule is CN=C(NCC1(SC)CCOCC1)N1CCC(C)(C)C1. The maximum Gasteiger partial charge on any atom is 0.193 e. The highest BCUT2D eigenvalue weighted by atomic mass is 32.2. The Morgan fingerprint density at radius 3 is 2.50 bits per heavy atom. The molecule has 0 spiro atoms. The van der Waals surface area contributed by atoms with Gasteiger partial charge in [0.25, 0.3) is 0 Å². The van der Waals surface area contributed by atoms with E-state index >= 15 is 0 Å². The zero-order valence-corrected chi connectivity index (χ0v) is 14.2. The van der Waals surface area contributed by atoms with Crippen molar-refractivity contribution in [3.8, 4) is 0 Å². The topological polar surface area (TPSA) is 36.9 Å². The molecule has 20 heavy (non-hydrogen) atoms. The Morgan fingerprint density at radius 1 is 1.30 bits per heavy atom. The van der Waals surface area contributed by atoms with Gasteiger partial charge in [-0.1, -0.05) is 13.8 Å². The molecule has 4 nitrogen and oxygen atoms in total. The second-order valence-electron chi connectivity index (χ2n) is 6.74. The van der Waals surface area contributed by atoms with Gasteiger partial charge in [0.05, 0.1) is 0 Å². The van der Waals surface area contributed by atoms with Gasteiger partial charge in [0, 0.05) is 44.6 Å². The summed E-state index contributed by atoms with van der Waals surface area (Å²) in [5.74, 6) is 1.07. The number of hydrogen-bond acceptors (Lipinski definition) is 3. The molecule has 2 saturated heterocycles. The minimum Gasteiger partial charge on any atom is -0.381 e. The summed E-state index contributed by atoms with van der Waals surface area (Å²) in [6.45, 7) is 9.64. The summed E-state index contributed by atoms with van der Waals surface area (Å²) in [4.78, 5) is 6.87. The van der Waals surface area contributed by atoms with E-state index in [0.717, 1.165) is 51.6 Å². The van der Waals surface area contributed by atoms with Crippen molar-refractivity contribution in [3.05, 3.63) is 0 Å². The molecular formula is C15H29N3OS. The van der Waals surface area contributed by atoms with E-state index in [1.807, 2.05) is 18.8 Å². The van der Waals surface area contributed by atoms with Crippen LogP contribution in [0.3, 0.4) is 0 Å². The molecule has 0 bridgehead atoms. The Hall–Kier alpha value is -0.420. The van der Waals surface area contributed by atoms with Gasteiger partial charge in [-0.3, -0.25) is 4.99 Å². The van der Waals surface area contributed by atoms with E-state index in [9.17, 15) is 0 Å². The lowest BCUT2D eigenvalue weighted by atomic mass is 9.93. The summed E-state index contributed by atoms with van der Waals surface area (Å²) < 4.78 is 5.81. The van der Waals surface area contributed by atoms with Crippen LogP contribution < -0.4 is 5.32 Å². The normalized spacial score (nSPS) is 25.8. The monoisotopic (exact) mass is 299 g/mol. The minimum atomic E-state index is 0.309. The molecule has 0 atom stereocenters. The Morgan fingerprint density at radius 2 is 2.00 bits per heavy atom. The Balaban J connectivity index is 1.91. The summed E-state index contributed by atoms with van der Waals surface area (Å²) in [6, 6.07) is 0. The highest BCUT2D eigenvalue weighted by Crippen LogP contribution is 2.33. The zero-order valence-electron chi connectivity index (χ0n) is 13.4. The van der Waals surface area contributed by atoms with Crippen molar-refractivity contribution in [3.63, 3.8) is 0 Å². The number of guanidine groups is 1. The molecule has 0 aromatic heterocycles. The largest absolute Gasteiger partial charge is 0.381 e. The zero-order chi connectivity index (χ0) is 14.6. The van der Waals surface area contributed by atoms with Gasteiger partial charge in [-0.2, -0.15) is 11.8 Å². The lowest BCUT2D eigenvalue weighted by molar-refractivity contribution is 0.0781. The summed E-state index contributed by atoms with van der Waals surface area (Å²) in [5.41, 5.74) is 0.410. The second-order valence-corrected chi connectivity index (χ2v) is 8.01. The standard InChI is InChI=1S/C15H29N3OS/c1-14(2)5-8-18(12-14)13(16-3)17-11-15(20-4)6-9-19-10-7-15/h5-12H2,1-4H3,(H,16,17). The van der Waals surface area contributed by atoms with Gasteiger partial charge in [-0.05, 0) is 30.9 Å². The molecule has 2 rings (SSSR count). The van der Waals surface area contributed by atoms with Crippen LogP contribution in [-0.2, 0) is 4.74 Å². The molecule has 0 radical (unpaired) electrons. The van der Waals surface area contributed by atoms with E-state index in [-0.39, 0.29) is 0 Å². The maximum absolute atomic E-state index is 5.51. The van der Waals surface area contributed by atoms with Crippen molar-refractivity contribution in [2.75, 3.05) is 46.2 Å². The van der Waals surface area contributed by atoms with Gasteiger partial charge < -0.3 is 15.0 Å². The van der Waals surface area contributed by atoms with Crippen molar-refractivity contribution in [2.45, 2.75) is 37.9 Å². The molecule has 1 N–H and O–H groups in total. The van der Waals surface area contributed by atoms with E-state index in [0.29, 0.717) is 10.2 Å². The smallest absolute Gasteiger partial charge is 0.193 e. The van der Waals surface area contributed by atoms with E-state index in [2.05, 4.69) is 35.3 Å². The predicted molar refractivity (Wildman–Crippen MR) is 87.6 cm³/mol. The van der Waals surface area contributed by atoms with Crippen LogP contribution in [-0.4, -0.2) is 61.8 Å². The molecule has 2 heterocycles. The molecule has 0 saturated carbocycles. The van der Waals surface area contributed by atoms with Crippen LogP contribution in [0.5, 0.6) is 0 Å². The lowest BCUT2D eigenvalue weighted by Crippen LogP contribution is -2.49. The fraction of sp³-hybridized carbons (Fsp3) is 0.933. The molecular weight excluding hydrogens is 270 g/mol. The summed E-state index contributed by atoms with van der Waals surface area (Å²) in [7, 11) is 1.89. The lowest BCUT2D eigenvalue weighted by Gasteiger charge is -2.37. The molecule has 0 aromatic carbocycles. The minimum absolute atomic E-state index is 0.309. The average Bonchev–Trinajstić information content (AvgIpc) is 2.81. The van der Waals surface area contributed by atoms with Crippen molar-refractivity contribution in [2.24, 2.45) is 10.4 Å². The fourth-order valence-electron chi connectivity index (χ4n) is 3.06. The molecule has 0 amide bonds. The molecule has 116 valence electrons. The second kappa shape index (κ2) is 6.56. The third kappa shape index (κ3) is 3.82. The van der Waals surface area contributed by atoms with Gasteiger partial charge >= 0.3 is 0 Å². The predicted octanol–water partition coefficient (Wildman–Crippen LogP) is 2.21. The molecule has 2 aliphatic rings. The first kappa shape index (κ1) is 16.0. The first-order valence-electron chi connectivity index (χ1n) is 7.59. The number of hydrogen-bond donors (Lipinski definition) is 1. The molecule has 0 aromatic rings. The van der Waals surface area contributed by atoms with Crippen molar-refractivity contribution in [1.82, 2.24) is 10.2 Å². The molecule has 5 heteroatoms. The Bertz CT molecular complexity index is 351. The summed E-state index contributed by atoms with van der Waals surface area (Å²) in [6.07, 6.45) is 5.72. The van der Waals surface area contributed by atoms with E-state index in [1.54, 1.807) is 0 Å². The molecule has 0 aliphatic carbocycles. The first-order valence-corrected chi connectivity index (χ1v) is 8.81. The number of rotatable bonds is 3. The van der Waals surface area contributed by atoms with E-state index < -0.39 is 0 Å². The Labute approximate surface area is 127 Å². The third-order valence-electron chi connectivity index (χ3n) is 4.59. The van der Waals surface area contributed by atoms with Crippen molar-refractivity contribution in [1.29, 1.82) is 0 Å². The summed E-state index contributed by atoms with van der Waals surface area (Å²) in [5, 5.41) is 3.61. The van der Waals surface area contributed by atoms with Crippen LogP contribution in [0.2, 0.25) is 0 Å². The first-order chi connectivity index (χ1) is 9.50. The quantitative estimate of drug-likeness (QED) is 0.640. The van der Waals surface area contributed by atoms with Crippen LogP contribution in [0.15, 0.2) is 4.99 Å². The Kier molecular flexibility index (Phi) is 5.24. The number of nitrogens with zero attached hydrogens (tertiary/aromatic N) is 2. The van der Waals surface area contributed by atoms with Crippen molar-refractivity contribution < 1.29 is 4.74 Å². The number of aliphatic imine (C=N–C) groups is 1. The van der Waals surface area contributed by atoms with Gasteiger partial charge in [0.15, 0.2) is 5.96 Å². The van der Waals surface area contributed by atoms with E-state index in [4.69, 9.17) is 4.74 Å². The van der Waals surface area contributed by atoms with Crippen LogP contribution in [0.25, 0.3) is 0 Å². The molecule has 2 fully saturated rings. The van der Waals surface area contributed by atoms with Crippen LogP contribution >= 0.6 is 11.8 Å². The maximum atomic E-state index is 5.51.